The van der Waals surface area contributed by atoms with Crippen molar-refractivity contribution in [2.75, 3.05) is 38.3 Å². The predicted octanol–water partition coefficient (Wildman–Crippen LogP) is 3.26. The first kappa shape index (κ1) is 28.7. The van der Waals surface area contributed by atoms with E-state index in [1.165, 1.54) is 18.2 Å². The molecule has 2 aromatic rings. The summed E-state index contributed by atoms with van der Waals surface area (Å²) in [5.74, 6) is 0.351. The van der Waals surface area contributed by atoms with Crippen LogP contribution < -0.4 is 10.6 Å². The van der Waals surface area contributed by atoms with Crippen LogP contribution in [0.15, 0.2) is 77.0 Å². The number of ether oxygens (including phenoxy) is 1. The first-order valence-corrected chi connectivity index (χ1v) is 15.3. The Kier molecular flexibility index (Phi) is 11.5. The fraction of sp³-hybridized carbons (Fsp3) is 0.407. The van der Waals surface area contributed by atoms with E-state index in [2.05, 4.69) is 10.6 Å². The number of amides is 3. The van der Waals surface area contributed by atoms with Gasteiger partial charge in [0.25, 0.3) is 0 Å². The molecule has 0 spiro atoms. The maximum Gasteiger partial charge on any atom is 0.318 e. The third-order valence-electron chi connectivity index (χ3n) is 6.00. The van der Waals surface area contributed by atoms with Crippen LogP contribution in [0.3, 0.4) is 0 Å². The largest absolute Gasteiger partial charge is 0.378 e. The third-order valence-corrected chi connectivity index (χ3v) is 8.09. The lowest BCUT2D eigenvalue weighted by Gasteiger charge is -2.29. The maximum atomic E-state index is 13.3. The maximum absolute atomic E-state index is 13.3. The predicted molar refractivity (Wildman–Crippen MR) is 147 cm³/mol. The Morgan fingerprint density at radius 3 is 2.30 bits per heavy atom. The lowest BCUT2D eigenvalue weighted by Crippen LogP contribution is -2.54. The number of carbonyl (C=O) groups is 2. The number of hydrogen-bond donors (Lipinski definition) is 2. The number of urea groups is 1. The van der Waals surface area contributed by atoms with Gasteiger partial charge in [-0.1, -0.05) is 54.6 Å². The molecule has 0 radical (unpaired) electrons. The number of nitrogens with zero attached hydrogens (tertiary/aromatic N) is 1. The Hall–Kier alpha value is -2.82. The van der Waals surface area contributed by atoms with Crippen molar-refractivity contribution >= 4 is 33.5 Å². The van der Waals surface area contributed by atoms with Gasteiger partial charge in [-0.05, 0) is 49.0 Å². The van der Waals surface area contributed by atoms with Crippen molar-refractivity contribution in [3.05, 3.63) is 77.7 Å². The Morgan fingerprint density at radius 1 is 1.00 bits per heavy atom. The number of carbonyl (C=O) groups excluding carboxylic acids is 2. The van der Waals surface area contributed by atoms with Crippen molar-refractivity contribution in [1.29, 1.82) is 0 Å². The number of rotatable bonds is 12. The summed E-state index contributed by atoms with van der Waals surface area (Å²) in [6.07, 6.45) is 5.08. The van der Waals surface area contributed by atoms with E-state index in [4.69, 9.17) is 4.74 Å². The number of aryl methyl sites for hydroxylation is 1. The van der Waals surface area contributed by atoms with Gasteiger partial charge in [0.2, 0.25) is 5.91 Å². The molecule has 2 atom stereocenters. The standard InChI is InChI=1S/C27H35N3O5S2/c1-36-20-14-25(29-27(32)30-16-18-35-19-17-30)26(31)28-23(13-12-22-8-4-2-5-9-22)15-21-37(33,34)24-10-6-3-7-11-24/h2-11,15,21,23,25H,12-14,16-20H2,1H3,(H,28,31)(H,29,32)/b21-15+/t23-,25-/m0/s1. The highest BCUT2D eigenvalue weighted by atomic mass is 32.2. The van der Waals surface area contributed by atoms with Crippen LogP contribution in [0, 0.1) is 0 Å². The Labute approximate surface area is 223 Å². The monoisotopic (exact) mass is 545 g/mol. The van der Waals surface area contributed by atoms with Crippen molar-refractivity contribution in [2.24, 2.45) is 0 Å². The molecule has 0 aliphatic carbocycles. The lowest BCUT2D eigenvalue weighted by molar-refractivity contribution is -0.123. The van der Waals surface area contributed by atoms with Crippen LogP contribution in [-0.4, -0.2) is 75.7 Å². The molecule has 1 saturated heterocycles. The minimum Gasteiger partial charge on any atom is -0.378 e. The fourth-order valence-corrected chi connectivity index (χ4v) is 5.43. The summed E-state index contributed by atoms with van der Waals surface area (Å²) >= 11 is 1.59. The number of morpholine rings is 1. The van der Waals surface area contributed by atoms with E-state index in [0.29, 0.717) is 51.3 Å². The molecule has 2 N–H and O–H groups in total. The lowest BCUT2D eigenvalue weighted by atomic mass is 10.0. The SMILES string of the molecule is CSCC[C@H](NC(=O)N1CCOCC1)C(=O)N[C@H](/C=C/S(=O)(=O)c1ccccc1)CCc1ccccc1. The normalized spacial score (nSPS) is 15.8. The molecular weight excluding hydrogens is 510 g/mol. The van der Waals surface area contributed by atoms with Crippen molar-refractivity contribution in [1.82, 2.24) is 15.5 Å². The highest BCUT2D eigenvalue weighted by molar-refractivity contribution is 7.98. The van der Waals surface area contributed by atoms with Gasteiger partial charge in [-0.3, -0.25) is 4.79 Å². The highest BCUT2D eigenvalue weighted by Crippen LogP contribution is 2.14. The zero-order chi connectivity index (χ0) is 26.5. The van der Waals surface area contributed by atoms with Crippen molar-refractivity contribution in [3.63, 3.8) is 0 Å². The van der Waals surface area contributed by atoms with Gasteiger partial charge in [-0.2, -0.15) is 11.8 Å². The van der Waals surface area contributed by atoms with Gasteiger partial charge in [0.15, 0.2) is 9.84 Å². The molecule has 0 unspecified atom stereocenters. The molecule has 2 aromatic carbocycles. The molecule has 0 bridgehead atoms. The summed E-state index contributed by atoms with van der Waals surface area (Å²) in [4.78, 5) is 27.9. The summed E-state index contributed by atoms with van der Waals surface area (Å²) < 4.78 is 30.9. The quantitative estimate of drug-likeness (QED) is 0.424. The Bertz CT molecular complexity index is 1120. The second kappa shape index (κ2) is 14.8. The smallest absolute Gasteiger partial charge is 0.318 e. The second-order valence-corrected chi connectivity index (χ2v) is 11.5. The molecule has 1 aliphatic rings. The molecule has 3 rings (SSSR count). The molecule has 0 saturated carbocycles. The third kappa shape index (κ3) is 9.53. The van der Waals surface area contributed by atoms with E-state index < -0.39 is 21.9 Å². The topological polar surface area (TPSA) is 105 Å². The molecule has 0 aromatic heterocycles. The number of sulfone groups is 1. The van der Waals surface area contributed by atoms with Crippen LogP contribution >= 0.6 is 11.8 Å². The molecular formula is C27H35N3O5S2. The number of benzene rings is 2. The summed E-state index contributed by atoms with van der Waals surface area (Å²) in [6, 6.07) is 16.4. The second-order valence-electron chi connectivity index (χ2n) is 8.71. The zero-order valence-electron chi connectivity index (χ0n) is 21.0. The van der Waals surface area contributed by atoms with E-state index in [1.54, 1.807) is 34.9 Å². The average molecular weight is 546 g/mol. The van der Waals surface area contributed by atoms with Crippen molar-refractivity contribution < 1.29 is 22.7 Å². The van der Waals surface area contributed by atoms with Crippen molar-refractivity contribution in [2.45, 2.75) is 36.2 Å². The molecule has 200 valence electrons. The Morgan fingerprint density at radius 2 is 1.65 bits per heavy atom. The van der Waals surface area contributed by atoms with Gasteiger partial charge in [0.05, 0.1) is 18.1 Å². The van der Waals surface area contributed by atoms with E-state index >= 15 is 0 Å². The Balaban J connectivity index is 1.74. The van der Waals surface area contributed by atoms with Gasteiger partial charge in [0.1, 0.15) is 6.04 Å². The molecule has 1 heterocycles. The van der Waals surface area contributed by atoms with Gasteiger partial charge in [-0.15, -0.1) is 0 Å². The summed E-state index contributed by atoms with van der Waals surface area (Å²) in [5, 5.41) is 6.99. The van der Waals surface area contributed by atoms with E-state index in [-0.39, 0.29) is 16.8 Å². The van der Waals surface area contributed by atoms with Gasteiger partial charge in [-0.25, -0.2) is 13.2 Å². The van der Waals surface area contributed by atoms with Gasteiger partial charge in [0, 0.05) is 24.5 Å². The van der Waals surface area contributed by atoms with Crippen LogP contribution in [-0.2, 0) is 25.8 Å². The van der Waals surface area contributed by atoms with E-state index in [0.717, 1.165) is 11.0 Å². The van der Waals surface area contributed by atoms with Gasteiger partial charge < -0.3 is 20.3 Å². The van der Waals surface area contributed by atoms with E-state index in [1.807, 2.05) is 36.6 Å². The summed E-state index contributed by atoms with van der Waals surface area (Å²) in [7, 11) is -3.67. The number of hydrogen-bond acceptors (Lipinski definition) is 6. The minimum atomic E-state index is -3.67. The van der Waals surface area contributed by atoms with Gasteiger partial charge >= 0.3 is 6.03 Å². The summed E-state index contributed by atoms with van der Waals surface area (Å²) in [5.41, 5.74) is 1.08. The fourth-order valence-electron chi connectivity index (χ4n) is 3.86. The van der Waals surface area contributed by atoms with Crippen LogP contribution in [0.2, 0.25) is 0 Å². The average Bonchev–Trinajstić information content (AvgIpc) is 2.93. The highest BCUT2D eigenvalue weighted by Gasteiger charge is 2.26. The number of thioether (sulfide) groups is 1. The van der Waals surface area contributed by atoms with Crippen LogP contribution in [0.5, 0.6) is 0 Å². The van der Waals surface area contributed by atoms with E-state index in [9.17, 15) is 18.0 Å². The molecule has 37 heavy (non-hydrogen) atoms. The molecule has 1 aliphatic heterocycles. The molecule has 3 amide bonds. The zero-order valence-corrected chi connectivity index (χ0v) is 22.7. The molecule has 8 nitrogen and oxygen atoms in total. The molecule has 1 fully saturated rings. The summed E-state index contributed by atoms with van der Waals surface area (Å²) in [6.45, 7) is 1.89. The van der Waals surface area contributed by atoms with Crippen LogP contribution in [0.25, 0.3) is 0 Å². The minimum absolute atomic E-state index is 0.190. The number of nitrogens with one attached hydrogen (secondary N) is 2. The first-order chi connectivity index (χ1) is 17.9. The van der Waals surface area contributed by atoms with Crippen molar-refractivity contribution in [3.8, 4) is 0 Å². The molecule has 10 heteroatoms. The first-order valence-electron chi connectivity index (χ1n) is 12.3. The van der Waals surface area contributed by atoms with Crippen LogP contribution in [0.1, 0.15) is 18.4 Å². The van der Waals surface area contributed by atoms with Crippen LogP contribution in [0.4, 0.5) is 4.79 Å².